The Bertz CT molecular complexity index is 362. The standard InChI is InChI=1S/C9H10BrN3/c10-9-7-3-1-2-6-13(7)8(12-9)4-5-11/h1-4,6H2. The average molecular weight is 240 g/mol. The lowest BCUT2D eigenvalue weighted by Gasteiger charge is -2.15. The van der Waals surface area contributed by atoms with Crippen LogP contribution in [0.3, 0.4) is 0 Å². The molecule has 0 saturated heterocycles. The van der Waals surface area contributed by atoms with E-state index in [9.17, 15) is 0 Å². The minimum absolute atomic E-state index is 0.415. The van der Waals surface area contributed by atoms with E-state index in [0.29, 0.717) is 6.42 Å². The van der Waals surface area contributed by atoms with Crippen LogP contribution in [-0.4, -0.2) is 9.55 Å². The number of hydrogen-bond acceptors (Lipinski definition) is 2. The molecule has 0 fully saturated rings. The number of nitrogens with zero attached hydrogens (tertiary/aromatic N) is 3. The van der Waals surface area contributed by atoms with E-state index in [2.05, 4.69) is 31.6 Å². The SMILES string of the molecule is N#CCc1nc(Br)c2n1CCCC2. The highest BCUT2D eigenvalue weighted by molar-refractivity contribution is 9.10. The molecule has 0 atom stereocenters. The van der Waals surface area contributed by atoms with Crippen molar-refractivity contribution in [3.63, 3.8) is 0 Å². The van der Waals surface area contributed by atoms with Gasteiger partial charge in [0.15, 0.2) is 0 Å². The van der Waals surface area contributed by atoms with Crippen molar-refractivity contribution in [3.05, 3.63) is 16.1 Å². The van der Waals surface area contributed by atoms with Crippen molar-refractivity contribution >= 4 is 15.9 Å². The zero-order chi connectivity index (χ0) is 9.26. The minimum Gasteiger partial charge on any atom is -0.330 e. The topological polar surface area (TPSA) is 41.6 Å². The van der Waals surface area contributed by atoms with Crippen LogP contribution in [0.25, 0.3) is 0 Å². The molecule has 13 heavy (non-hydrogen) atoms. The summed E-state index contributed by atoms with van der Waals surface area (Å²) in [5.74, 6) is 0.907. The number of fused-ring (bicyclic) bond motifs is 1. The molecule has 0 aromatic carbocycles. The van der Waals surface area contributed by atoms with Gasteiger partial charge in [0.25, 0.3) is 0 Å². The molecule has 0 aliphatic carbocycles. The summed E-state index contributed by atoms with van der Waals surface area (Å²) in [4.78, 5) is 4.34. The van der Waals surface area contributed by atoms with Crippen LogP contribution in [0, 0.1) is 11.3 Å². The Balaban J connectivity index is 2.42. The summed E-state index contributed by atoms with van der Waals surface area (Å²) < 4.78 is 3.11. The van der Waals surface area contributed by atoms with Crippen molar-refractivity contribution in [2.75, 3.05) is 0 Å². The first-order valence-electron chi connectivity index (χ1n) is 4.43. The third kappa shape index (κ3) is 1.49. The molecule has 0 saturated carbocycles. The molecule has 1 aromatic rings. The number of hydrogen-bond donors (Lipinski definition) is 0. The highest BCUT2D eigenvalue weighted by Crippen LogP contribution is 2.24. The highest BCUT2D eigenvalue weighted by atomic mass is 79.9. The predicted octanol–water partition coefficient (Wildman–Crippen LogP) is 2.05. The van der Waals surface area contributed by atoms with E-state index >= 15 is 0 Å². The van der Waals surface area contributed by atoms with E-state index in [1.807, 2.05) is 0 Å². The van der Waals surface area contributed by atoms with Crippen LogP contribution in [0.4, 0.5) is 0 Å². The first-order valence-corrected chi connectivity index (χ1v) is 5.23. The van der Waals surface area contributed by atoms with Crippen LogP contribution in [0.2, 0.25) is 0 Å². The van der Waals surface area contributed by atoms with Crippen molar-refractivity contribution in [2.24, 2.45) is 0 Å². The third-order valence-corrected chi connectivity index (χ3v) is 3.02. The smallest absolute Gasteiger partial charge is 0.127 e. The minimum atomic E-state index is 0.415. The van der Waals surface area contributed by atoms with E-state index in [4.69, 9.17) is 5.26 Å². The fourth-order valence-corrected chi connectivity index (χ4v) is 2.39. The van der Waals surface area contributed by atoms with E-state index in [1.54, 1.807) is 0 Å². The Hall–Kier alpha value is -0.820. The summed E-state index contributed by atoms with van der Waals surface area (Å²) in [6.45, 7) is 1.02. The average Bonchev–Trinajstić information content (AvgIpc) is 2.46. The molecule has 4 heteroatoms. The third-order valence-electron chi connectivity index (χ3n) is 2.39. The lowest BCUT2D eigenvalue weighted by Crippen LogP contribution is -2.12. The molecule has 1 aromatic heterocycles. The number of imidazole rings is 1. The van der Waals surface area contributed by atoms with Gasteiger partial charge in [0.2, 0.25) is 0 Å². The molecular formula is C9H10BrN3. The molecule has 2 heterocycles. The second-order valence-electron chi connectivity index (χ2n) is 3.21. The summed E-state index contributed by atoms with van der Waals surface area (Å²) in [6.07, 6.45) is 3.93. The summed E-state index contributed by atoms with van der Waals surface area (Å²) in [6, 6.07) is 2.14. The fourth-order valence-electron chi connectivity index (χ4n) is 1.78. The van der Waals surface area contributed by atoms with Crippen LogP contribution in [0.15, 0.2) is 4.60 Å². The molecule has 1 aliphatic heterocycles. The first kappa shape index (κ1) is 8.76. The Morgan fingerprint density at radius 2 is 2.38 bits per heavy atom. The summed E-state index contributed by atoms with van der Waals surface area (Å²) in [5.41, 5.74) is 1.26. The van der Waals surface area contributed by atoms with Gasteiger partial charge in [-0.2, -0.15) is 5.26 Å². The lowest BCUT2D eigenvalue weighted by atomic mass is 10.1. The van der Waals surface area contributed by atoms with Crippen molar-refractivity contribution in [1.82, 2.24) is 9.55 Å². The molecule has 2 rings (SSSR count). The van der Waals surface area contributed by atoms with Gasteiger partial charge in [0, 0.05) is 6.54 Å². The van der Waals surface area contributed by atoms with Crippen molar-refractivity contribution < 1.29 is 0 Å². The van der Waals surface area contributed by atoms with Crippen molar-refractivity contribution in [3.8, 4) is 6.07 Å². The number of halogens is 1. The molecule has 0 amide bonds. The van der Waals surface area contributed by atoms with E-state index < -0.39 is 0 Å². The molecular weight excluding hydrogens is 230 g/mol. The van der Waals surface area contributed by atoms with Crippen LogP contribution in [0.5, 0.6) is 0 Å². The summed E-state index contributed by atoms with van der Waals surface area (Å²) in [7, 11) is 0. The van der Waals surface area contributed by atoms with Crippen LogP contribution < -0.4 is 0 Å². The van der Waals surface area contributed by atoms with Gasteiger partial charge in [-0.1, -0.05) is 0 Å². The Labute approximate surface area is 85.5 Å². The molecule has 0 unspecified atom stereocenters. The Morgan fingerprint density at radius 1 is 1.54 bits per heavy atom. The van der Waals surface area contributed by atoms with Crippen molar-refractivity contribution in [1.29, 1.82) is 5.26 Å². The quantitative estimate of drug-likeness (QED) is 0.753. The molecule has 0 bridgehead atoms. The number of nitriles is 1. The van der Waals surface area contributed by atoms with Gasteiger partial charge in [-0.05, 0) is 35.2 Å². The Kier molecular flexibility index (Phi) is 2.36. The predicted molar refractivity (Wildman–Crippen MR) is 52.2 cm³/mol. The second-order valence-corrected chi connectivity index (χ2v) is 3.96. The fraction of sp³-hybridized carbons (Fsp3) is 0.556. The number of aromatic nitrogens is 2. The zero-order valence-corrected chi connectivity index (χ0v) is 8.84. The molecule has 1 aliphatic rings. The maximum atomic E-state index is 8.61. The second kappa shape index (κ2) is 3.51. The zero-order valence-electron chi connectivity index (χ0n) is 7.26. The van der Waals surface area contributed by atoms with Crippen LogP contribution in [0.1, 0.15) is 24.4 Å². The van der Waals surface area contributed by atoms with Gasteiger partial charge >= 0.3 is 0 Å². The van der Waals surface area contributed by atoms with Crippen molar-refractivity contribution in [2.45, 2.75) is 32.2 Å². The number of rotatable bonds is 1. The van der Waals surface area contributed by atoms with Gasteiger partial charge in [0.05, 0.1) is 18.2 Å². The van der Waals surface area contributed by atoms with E-state index in [1.165, 1.54) is 18.5 Å². The maximum absolute atomic E-state index is 8.61. The van der Waals surface area contributed by atoms with Gasteiger partial charge < -0.3 is 4.57 Å². The van der Waals surface area contributed by atoms with E-state index in [0.717, 1.165) is 23.4 Å². The molecule has 0 radical (unpaired) electrons. The van der Waals surface area contributed by atoms with Crippen LogP contribution in [-0.2, 0) is 19.4 Å². The summed E-state index contributed by atoms with van der Waals surface area (Å²) in [5, 5.41) is 8.61. The largest absolute Gasteiger partial charge is 0.330 e. The lowest BCUT2D eigenvalue weighted by molar-refractivity contribution is 0.518. The van der Waals surface area contributed by atoms with Gasteiger partial charge in [-0.15, -0.1) is 0 Å². The van der Waals surface area contributed by atoms with Crippen LogP contribution >= 0.6 is 15.9 Å². The highest BCUT2D eigenvalue weighted by Gasteiger charge is 2.17. The first-order chi connectivity index (χ1) is 6.33. The van der Waals surface area contributed by atoms with E-state index in [-0.39, 0.29) is 0 Å². The normalized spacial score (nSPS) is 15.1. The van der Waals surface area contributed by atoms with Gasteiger partial charge in [-0.3, -0.25) is 0 Å². The monoisotopic (exact) mass is 239 g/mol. The summed E-state index contributed by atoms with van der Waals surface area (Å²) >= 11 is 3.43. The van der Waals surface area contributed by atoms with Gasteiger partial charge in [-0.25, -0.2) is 4.98 Å². The molecule has 0 spiro atoms. The molecule has 0 N–H and O–H groups in total. The Morgan fingerprint density at radius 3 is 3.15 bits per heavy atom. The van der Waals surface area contributed by atoms with Gasteiger partial charge in [0.1, 0.15) is 10.4 Å². The maximum Gasteiger partial charge on any atom is 0.127 e. The molecule has 3 nitrogen and oxygen atoms in total. The molecule has 68 valence electrons.